The van der Waals surface area contributed by atoms with Gasteiger partial charge in [-0.3, -0.25) is 4.79 Å². The Labute approximate surface area is 160 Å². The summed E-state index contributed by atoms with van der Waals surface area (Å²) < 4.78 is 40.8. The molecule has 1 amide bonds. The smallest absolute Gasteiger partial charge is 0.246 e. The first-order valence-electron chi connectivity index (χ1n) is 7.85. The van der Waals surface area contributed by atoms with E-state index in [1.54, 1.807) is 17.0 Å². The third-order valence-electron chi connectivity index (χ3n) is 3.99. The van der Waals surface area contributed by atoms with E-state index in [1.807, 2.05) is 6.07 Å². The zero-order valence-electron chi connectivity index (χ0n) is 13.6. The maximum absolute atomic E-state index is 13.8. The fourth-order valence-corrected chi connectivity index (χ4v) is 5.07. The van der Waals surface area contributed by atoms with E-state index in [0.29, 0.717) is 4.34 Å². The van der Waals surface area contributed by atoms with Crippen molar-refractivity contribution in [1.82, 2.24) is 9.21 Å². The second-order valence-electron chi connectivity index (χ2n) is 5.64. The van der Waals surface area contributed by atoms with Gasteiger partial charge in [-0.1, -0.05) is 23.7 Å². The summed E-state index contributed by atoms with van der Waals surface area (Å²) >= 11 is 7.21. The van der Waals surface area contributed by atoms with Gasteiger partial charge < -0.3 is 4.90 Å². The molecule has 1 fully saturated rings. The Balaban J connectivity index is 1.63. The van der Waals surface area contributed by atoms with Crippen LogP contribution in [0, 0.1) is 5.82 Å². The van der Waals surface area contributed by atoms with Crippen LogP contribution in [0.1, 0.15) is 4.88 Å². The highest BCUT2D eigenvalue weighted by Gasteiger charge is 2.31. The van der Waals surface area contributed by atoms with E-state index in [2.05, 4.69) is 0 Å². The molecule has 2 aromatic rings. The summed E-state index contributed by atoms with van der Waals surface area (Å²) in [6, 6.07) is 8.86. The van der Waals surface area contributed by atoms with Gasteiger partial charge in [0.2, 0.25) is 15.9 Å². The van der Waals surface area contributed by atoms with Crippen molar-refractivity contribution in [3.8, 4) is 0 Å². The fraction of sp³-hybridized carbons (Fsp3) is 0.235. The number of amides is 1. The van der Waals surface area contributed by atoms with Gasteiger partial charge in [0, 0.05) is 37.1 Å². The van der Waals surface area contributed by atoms with Gasteiger partial charge in [0.05, 0.1) is 4.34 Å². The molecule has 5 nitrogen and oxygen atoms in total. The maximum atomic E-state index is 13.8. The lowest BCUT2D eigenvalue weighted by molar-refractivity contribution is -0.127. The quantitative estimate of drug-likeness (QED) is 0.722. The van der Waals surface area contributed by atoms with Gasteiger partial charge in [-0.15, -0.1) is 11.3 Å². The number of thiophene rings is 1. The zero-order chi connectivity index (χ0) is 18.7. The van der Waals surface area contributed by atoms with Gasteiger partial charge in [-0.2, -0.15) is 4.31 Å². The average Bonchev–Trinajstić information content (AvgIpc) is 3.05. The van der Waals surface area contributed by atoms with E-state index in [4.69, 9.17) is 11.6 Å². The third-order valence-corrected chi connectivity index (χ3v) is 7.12. The van der Waals surface area contributed by atoms with Crippen molar-refractivity contribution < 1.29 is 17.6 Å². The standard InChI is InChI=1S/C17H16ClFN2O3S2/c18-16-7-5-13(25-16)6-8-17(22)20-9-11-21(12-10-20)26(23,24)15-4-2-1-3-14(15)19/h1-8H,9-12H2/b8-6+. The number of carbonyl (C=O) groups is 1. The molecule has 1 saturated heterocycles. The van der Waals surface area contributed by atoms with Crippen LogP contribution in [0.25, 0.3) is 6.08 Å². The molecule has 1 aromatic carbocycles. The Kier molecular flexibility index (Phi) is 5.76. The van der Waals surface area contributed by atoms with Crippen molar-refractivity contribution in [1.29, 1.82) is 0 Å². The topological polar surface area (TPSA) is 57.7 Å². The van der Waals surface area contributed by atoms with E-state index in [1.165, 1.54) is 39.9 Å². The summed E-state index contributed by atoms with van der Waals surface area (Å²) in [5.41, 5.74) is 0. The minimum atomic E-state index is -3.90. The first kappa shape index (κ1) is 19.0. The normalized spacial score (nSPS) is 16.3. The maximum Gasteiger partial charge on any atom is 0.246 e. The highest BCUT2D eigenvalue weighted by atomic mass is 35.5. The van der Waals surface area contributed by atoms with Crippen LogP contribution in [0.3, 0.4) is 0 Å². The fourth-order valence-electron chi connectivity index (χ4n) is 2.62. The van der Waals surface area contributed by atoms with Crippen LogP contribution >= 0.6 is 22.9 Å². The van der Waals surface area contributed by atoms with Crippen LogP contribution in [-0.2, 0) is 14.8 Å². The molecule has 0 radical (unpaired) electrons. The van der Waals surface area contributed by atoms with E-state index in [-0.39, 0.29) is 37.0 Å². The largest absolute Gasteiger partial charge is 0.337 e. The van der Waals surface area contributed by atoms with Gasteiger partial charge in [0.15, 0.2) is 0 Å². The predicted octanol–water partition coefficient (Wildman–Crippen LogP) is 3.09. The van der Waals surface area contributed by atoms with Crippen molar-refractivity contribution in [3.63, 3.8) is 0 Å². The highest BCUT2D eigenvalue weighted by molar-refractivity contribution is 7.89. The number of sulfonamides is 1. The minimum Gasteiger partial charge on any atom is -0.337 e. The number of benzene rings is 1. The molecule has 0 saturated carbocycles. The zero-order valence-corrected chi connectivity index (χ0v) is 16.0. The van der Waals surface area contributed by atoms with E-state index in [0.717, 1.165) is 10.9 Å². The molecule has 26 heavy (non-hydrogen) atoms. The second-order valence-corrected chi connectivity index (χ2v) is 9.29. The molecule has 0 unspecified atom stereocenters. The molecule has 9 heteroatoms. The molecule has 0 bridgehead atoms. The van der Waals surface area contributed by atoms with Gasteiger partial charge in [0.25, 0.3) is 0 Å². The summed E-state index contributed by atoms with van der Waals surface area (Å²) in [6.07, 6.45) is 3.13. The van der Waals surface area contributed by atoms with Crippen molar-refractivity contribution in [2.24, 2.45) is 0 Å². The highest BCUT2D eigenvalue weighted by Crippen LogP contribution is 2.23. The summed E-state index contributed by atoms with van der Waals surface area (Å²) in [7, 11) is -3.90. The van der Waals surface area contributed by atoms with Gasteiger partial charge in [0.1, 0.15) is 10.7 Å². The van der Waals surface area contributed by atoms with Crippen LogP contribution in [-0.4, -0.2) is 49.7 Å². The molecular formula is C17H16ClFN2O3S2. The van der Waals surface area contributed by atoms with Crippen LogP contribution in [0.5, 0.6) is 0 Å². The average molecular weight is 415 g/mol. The molecule has 1 aliphatic rings. The summed E-state index contributed by atoms with van der Waals surface area (Å²) in [4.78, 5) is 14.3. The predicted molar refractivity (Wildman–Crippen MR) is 100 cm³/mol. The lowest BCUT2D eigenvalue weighted by Gasteiger charge is -2.33. The Hall–Kier alpha value is -1.74. The SMILES string of the molecule is O=C(/C=C/c1ccc(Cl)s1)N1CCN(S(=O)(=O)c2ccccc2F)CC1. The van der Waals surface area contributed by atoms with Crippen LogP contribution in [0.4, 0.5) is 4.39 Å². The van der Waals surface area contributed by atoms with Crippen LogP contribution < -0.4 is 0 Å². The molecule has 138 valence electrons. The van der Waals surface area contributed by atoms with E-state index in [9.17, 15) is 17.6 Å². The van der Waals surface area contributed by atoms with Crippen molar-refractivity contribution in [2.45, 2.75) is 4.90 Å². The minimum absolute atomic E-state index is 0.126. The molecule has 0 spiro atoms. The van der Waals surface area contributed by atoms with Crippen molar-refractivity contribution >= 4 is 44.9 Å². The number of hydrogen-bond donors (Lipinski definition) is 0. The third kappa shape index (κ3) is 4.15. The lowest BCUT2D eigenvalue weighted by atomic mass is 10.3. The molecule has 0 atom stereocenters. The lowest BCUT2D eigenvalue weighted by Crippen LogP contribution is -2.50. The van der Waals surface area contributed by atoms with Gasteiger partial charge in [-0.25, -0.2) is 12.8 Å². The molecular weight excluding hydrogens is 399 g/mol. The van der Waals surface area contributed by atoms with Crippen LogP contribution in [0.2, 0.25) is 4.34 Å². The molecule has 2 heterocycles. The number of carbonyl (C=O) groups excluding carboxylic acids is 1. The van der Waals surface area contributed by atoms with Crippen LogP contribution in [0.15, 0.2) is 47.4 Å². The second kappa shape index (κ2) is 7.87. The Morgan fingerprint density at radius 1 is 1.12 bits per heavy atom. The summed E-state index contributed by atoms with van der Waals surface area (Å²) in [5, 5.41) is 0. The number of halogens is 2. The monoisotopic (exact) mass is 414 g/mol. The summed E-state index contributed by atoms with van der Waals surface area (Å²) in [5.74, 6) is -0.971. The van der Waals surface area contributed by atoms with E-state index >= 15 is 0 Å². The van der Waals surface area contributed by atoms with Crippen molar-refractivity contribution in [3.05, 3.63) is 57.5 Å². The summed E-state index contributed by atoms with van der Waals surface area (Å²) in [6.45, 7) is 0.756. The van der Waals surface area contributed by atoms with Gasteiger partial charge >= 0.3 is 0 Å². The van der Waals surface area contributed by atoms with Crippen molar-refractivity contribution in [2.75, 3.05) is 26.2 Å². The van der Waals surface area contributed by atoms with E-state index < -0.39 is 15.8 Å². The molecule has 3 rings (SSSR count). The number of piperazine rings is 1. The molecule has 0 aliphatic carbocycles. The Morgan fingerprint density at radius 3 is 2.42 bits per heavy atom. The number of hydrogen-bond acceptors (Lipinski definition) is 4. The molecule has 0 N–H and O–H groups in total. The first-order valence-corrected chi connectivity index (χ1v) is 10.5. The Morgan fingerprint density at radius 2 is 1.81 bits per heavy atom. The van der Waals surface area contributed by atoms with Gasteiger partial charge in [-0.05, 0) is 30.3 Å². The molecule has 1 aliphatic heterocycles. The first-order chi connectivity index (χ1) is 12.4. The Bertz CT molecular complexity index is 935. The number of nitrogens with zero attached hydrogens (tertiary/aromatic N) is 2. The number of rotatable bonds is 4. The molecule has 1 aromatic heterocycles.